The molecule has 0 unspecified atom stereocenters. The normalized spacial score (nSPS) is 19.4. The number of rotatable bonds is 4. The lowest BCUT2D eigenvalue weighted by Crippen LogP contribution is -2.32. The van der Waals surface area contributed by atoms with Crippen LogP contribution >= 0.6 is 0 Å². The van der Waals surface area contributed by atoms with Gasteiger partial charge in [-0.1, -0.05) is 18.2 Å². The molecule has 0 spiro atoms. The molecular formula is C22H25FN2O2. The van der Waals surface area contributed by atoms with Crippen LogP contribution in [0, 0.1) is 31.5 Å². The van der Waals surface area contributed by atoms with Gasteiger partial charge in [-0.3, -0.25) is 9.59 Å². The maximum atomic E-state index is 13.2. The SMILES string of the molecule is Cc1ccc(C)c(NC(=O)C2CCC(C(=O)Nc3cccc(F)c3)CC2)c1. The summed E-state index contributed by atoms with van der Waals surface area (Å²) in [6, 6.07) is 11.9. The van der Waals surface area contributed by atoms with Gasteiger partial charge in [0.25, 0.3) is 0 Å². The summed E-state index contributed by atoms with van der Waals surface area (Å²) in [5.41, 5.74) is 3.46. The van der Waals surface area contributed by atoms with Gasteiger partial charge >= 0.3 is 0 Å². The highest BCUT2D eigenvalue weighted by molar-refractivity contribution is 5.95. The smallest absolute Gasteiger partial charge is 0.227 e. The van der Waals surface area contributed by atoms with Crippen molar-refractivity contribution >= 4 is 23.2 Å². The van der Waals surface area contributed by atoms with Gasteiger partial charge in [0.15, 0.2) is 0 Å². The number of hydrogen-bond acceptors (Lipinski definition) is 2. The molecule has 4 nitrogen and oxygen atoms in total. The average molecular weight is 368 g/mol. The Labute approximate surface area is 159 Å². The number of benzene rings is 2. The van der Waals surface area contributed by atoms with Gasteiger partial charge in [0, 0.05) is 23.2 Å². The van der Waals surface area contributed by atoms with Crippen molar-refractivity contribution in [3.05, 3.63) is 59.4 Å². The first kappa shape index (κ1) is 19.1. The van der Waals surface area contributed by atoms with Crippen LogP contribution in [0.5, 0.6) is 0 Å². The Morgan fingerprint density at radius 1 is 0.889 bits per heavy atom. The summed E-state index contributed by atoms with van der Waals surface area (Å²) < 4.78 is 13.2. The molecule has 1 fully saturated rings. The summed E-state index contributed by atoms with van der Waals surface area (Å²) >= 11 is 0. The van der Waals surface area contributed by atoms with Crippen LogP contribution in [0.15, 0.2) is 42.5 Å². The van der Waals surface area contributed by atoms with Crippen LogP contribution in [0.1, 0.15) is 36.8 Å². The lowest BCUT2D eigenvalue weighted by atomic mass is 9.81. The summed E-state index contributed by atoms with van der Waals surface area (Å²) in [5, 5.41) is 5.80. The first-order valence-corrected chi connectivity index (χ1v) is 9.37. The van der Waals surface area contributed by atoms with E-state index in [1.54, 1.807) is 12.1 Å². The van der Waals surface area contributed by atoms with Gasteiger partial charge in [0.05, 0.1) is 0 Å². The minimum atomic E-state index is -0.375. The zero-order valence-electron chi connectivity index (χ0n) is 15.7. The van der Waals surface area contributed by atoms with E-state index in [0.29, 0.717) is 31.4 Å². The summed E-state index contributed by atoms with van der Waals surface area (Å²) in [5.74, 6) is -0.678. The van der Waals surface area contributed by atoms with E-state index < -0.39 is 0 Å². The Morgan fingerprint density at radius 3 is 2.15 bits per heavy atom. The van der Waals surface area contributed by atoms with Crippen LogP contribution < -0.4 is 10.6 Å². The molecular weight excluding hydrogens is 343 g/mol. The van der Waals surface area contributed by atoms with Gasteiger partial charge in [-0.05, 0) is 74.9 Å². The molecule has 1 saturated carbocycles. The van der Waals surface area contributed by atoms with Gasteiger partial charge in [0.1, 0.15) is 5.82 Å². The van der Waals surface area contributed by atoms with Gasteiger partial charge in [-0.15, -0.1) is 0 Å². The lowest BCUT2D eigenvalue weighted by Gasteiger charge is -2.27. The number of nitrogens with one attached hydrogen (secondary N) is 2. The maximum Gasteiger partial charge on any atom is 0.227 e. The molecule has 2 aromatic rings. The van der Waals surface area contributed by atoms with Crippen LogP contribution in [-0.4, -0.2) is 11.8 Å². The Hall–Kier alpha value is -2.69. The predicted octanol–water partition coefficient (Wildman–Crippen LogP) is 4.83. The Kier molecular flexibility index (Phi) is 5.89. The van der Waals surface area contributed by atoms with Crippen LogP contribution in [0.2, 0.25) is 0 Å². The standard InChI is InChI=1S/C22H25FN2O2/c1-14-6-7-15(2)20(12-14)25-22(27)17-10-8-16(9-11-17)21(26)24-19-5-3-4-18(23)13-19/h3-7,12-13,16-17H,8-11H2,1-2H3,(H,24,26)(H,25,27). The molecule has 0 radical (unpaired) electrons. The fourth-order valence-electron chi connectivity index (χ4n) is 3.53. The van der Waals surface area contributed by atoms with Gasteiger partial charge in [-0.25, -0.2) is 4.39 Å². The number of anilines is 2. The van der Waals surface area contributed by atoms with Crippen LogP contribution in [0.3, 0.4) is 0 Å². The van der Waals surface area contributed by atoms with E-state index in [4.69, 9.17) is 0 Å². The largest absolute Gasteiger partial charge is 0.326 e. The summed E-state index contributed by atoms with van der Waals surface area (Å²) in [7, 11) is 0. The Morgan fingerprint density at radius 2 is 1.52 bits per heavy atom. The van der Waals surface area contributed by atoms with Crippen molar-refractivity contribution in [3.63, 3.8) is 0 Å². The third-order valence-electron chi connectivity index (χ3n) is 5.21. The summed E-state index contributed by atoms with van der Waals surface area (Å²) in [6.07, 6.45) is 2.67. The average Bonchev–Trinajstić information content (AvgIpc) is 2.65. The molecule has 2 amide bonds. The molecule has 5 heteroatoms. The molecule has 2 N–H and O–H groups in total. The van der Waals surface area contributed by atoms with E-state index in [-0.39, 0.29) is 29.5 Å². The first-order chi connectivity index (χ1) is 12.9. The molecule has 2 aromatic carbocycles. The highest BCUT2D eigenvalue weighted by Crippen LogP contribution is 2.31. The molecule has 0 aromatic heterocycles. The Bertz CT molecular complexity index is 842. The monoisotopic (exact) mass is 368 g/mol. The summed E-state index contributed by atoms with van der Waals surface area (Å²) in [6.45, 7) is 3.97. The van der Waals surface area contributed by atoms with E-state index in [2.05, 4.69) is 10.6 Å². The highest BCUT2D eigenvalue weighted by Gasteiger charge is 2.30. The predicted molar refractivity (Wildman–Crippen MR) is 105 cm³/mol. The van der Waals surface area contributed by atoms with Crippen LogP contribution in [-0.2, 0) is 9.59 Å². The van der Waals surface area contributed by atoms with E-state index in [0.717, 1.165) is 16.8 Å². The zero-order chi connectivity index (χ0) is 19.4. The molecule has 0 aliphatic heterocycles. The molecule has 1 aliphatic rings. The van der Waals surface area contributed by atoms with E-state index in [1.807, 2.05) is 32.0 Å². The molecule has 0 atom stereocenters. The molecule has 142 valence electrons. The number of aryl methyl sites for hydroxylation is 2. The van der Waals surface area contributed by atoms with Crippen molar-refractivity contribution in [1.29, 1.82) is 0 Å². The Balaban J connectivity index is 1.52. The number of amides is 2. The third-order valence-corrected chi connectivity index (χ3v) is 5.21. The van der Waals surface area contributed by atoms with Gasteiger partial charge < -0.3 is 10.6 Å². The molecule has 0 bridgehead atoms. The number of carbonyl (C=O) groups excluding carboxylic acids is 2. The van der Waals surface area contributed by atoms with Crippen molar-refractivity contribution in [3.8, 4) is 0 Å². The minimum Gasteiger partial charge on any atom is -0.326 e. The third kappa shape index (κ3) is 4.94. The highest BCUT2D eigenvalue weighted by atomic mass is 19.1. The van der Waals surface area contributed by atoms with E-state index in [9.17, 15) is 14.0 Å². The number of halogens is 1. The van der Waals surface area contributed by atoms with Crippen molar-refractivity contribution in [2.75, 3.05) is 10.6 Å². The topological polar surface area (TPSA) is 58.2 Å². The van der Waals surface area contributed by atoms with Crippen LogP contribution in [0.4, 0.5) is 15.8 Å². The second kappa shape index (κ2) is 8.33. The fraction of sp³-hybridized carbons (Fsp3) is 0.364. The molecule has 1 aliphatic carbocycles. The van der Waals surface area contributed by atoms with Crippen molar-refractivity contribution < 1.29 is 14.0 Å². The van der Waals surface area contributed by atoms with Crippen molar-refractivity contribution in [1.82, 2.24) is 0 Å². The van der Waals surface area contributed by atoms with Crippen molar-refractivity contribution in [2.24, 2.45) is 11.8 Å². The van der Waals surface area contributed by atoms with E-state index in [1.165, 1.54) is 12.1 Å². The van der Waals surface area contributed by atoms with Crippen molar-refractivity contribution in [2.45, 2.75) is 39.5 Å². The second-order valence-electron chi connectivity index (χ2n) is 7.36. The van der Waals surface area contributed by atoms with Gasteiger partial charge in [-0.2, -0.15) is 0 Å². The number of hydrogen-bond donors (Lipinski definition) is 2. The van der Waals surface area contributed by atoms with E-state index >= 15 is 0 Å². The fourth-order valence-corrected chi connectivity index (χ4v) is 3.53. The molecule has 0 saturated heterocycles. The minimum absolute atomic E-state index is 0.0210. The molecule has 27 heavy (non-hydrogen) atoms. The first-order valence-electron chi connectivity index (χ1n) is 9.37. The number of carbonyl (C=O) groups is 2. The maximum absolute atomic E-state index is 13.2. The van der Waals surface area contributed by atoms with Gasteiger partial charge in [0.2, 0.25) is 11.8 Å². The summed E-state index contributed by atoms with van der Waals surface area (Å²) in [4.78, 5) is 25.0. The quantitative estimate of drug-likeness (QED) is 0.812. The molecule has 3 rings (SSSR count). The second-order valence-corrected chi connectivity index (χ2v) is 7.36. The van der Waals surface area contributed by atoms with Crippen LogP contribution in [0.25, 0.3) is 0 Å². The lowest BCUT2D eigenvalue weighted by molar-refractivity contribution is -0.125. The zero-order valence-corrected chi connectivity index (χ0v) is 15.7. The molecule has 0 heterocycles.